The molecule has 6 heteroatoms. The number of hydrogen-bond donors (Lipinski definition) is 1. The van der Waals surface area contributed by atoms with Gasteiger partial charge >= 0.3 is 0 Å². The summed E-state index contributed by atoms with van der Waals surface area (Å²) >= 11 is 0. The van der Waals surface area contributed by atoms with E-state index in [0.29, 0.717) is 31.1 Å². The van der Waals surface area contributed by atoms with Crippen LogP contribution < -0.4 is 9.47 Å². The SMILES string of the molecule is CCCCN1C(=O)C(=O)/C(=C(/O)c2ccc(OCC)c(C)c2)C1c1cccc(OCCC)c1. The Bertz CT molecular complexity index is 1040. The average Bonchev–Trinajstić information content (AvgIpc) is 3.07. The van der Waals surface area contributed by atoms with Crippen molar-refractivity contribution in [2.45, 2.75) is 53.0 Å². The van der Waals surface area contributed by atoms with Crippen molar-refractivity contribution >= 4 is 17.4 Å². The van der Waals surface area contributed by atoms with Crippen LogP contribution in [0.25, 0.3) is 5.76 Å². The molecule has 1 aliphatic rings. The van der Waals surface area contributed by atoms with Gasteiger partial charge in [-0.15, -0.1) is 0 Å². The average molecular weight is 452 g/mol. The number of aryl methyl sites for hydroxylation is 1. The predicted octanol–water partition coefficient (Wildman–Crippen LogP) is 5.40. The number of hydrogen-bond acceptors (Lipinski definition) is 5. The van der Waals surface area contributed by atoms with Gasteiger partial charge in [-0.3, -0.25) is 9.59 Å². The minimum Gasteiger partial charge on any atom is -0.507 e. The molecule has 3 rings (SSSR count). The molecule has 0 aliphatic carbocycles. The number of aliphatic hydroxyl groups is 1. The van der Waals surface area contributed by atoms with Gasteiger partial charge < -0.3 is 19.5 Å². The van der Waals surface area contributed by atoms with Crippen molar-refractivity contribution < 1.29 is 24.2 Å². The molecule has 0 spiro atoms. The minimum atomic E-state index is -0.673. The predicted molar refractivity (Wildman–Crippen MR) is 128 cm³/mol. The van der Waals surface area contributed by atoms with Gasteiger partial charge in [0, 0.05) is 12.1 Å². The number of nitrogens with zero attached hydrogens (tertiary/aromatic N) is 1. The Morgan fingerprint density at radius 2 is 1.82 bits per heavy atom. The molecule has 0 aromatic heterocycles. The normalized spacial score (nSPS) is 17.5. The molecule has 6 nitrogen and oxygen atoms in total. The van der Waals surface area contributed by atoms with E-state index in [4.69, 9.17) is 9.47 Å². The molecule has 0 saturated carbocycles. The number of benzene rings is 2. The van der Waals surface area contributed by atoms with Gasteiger partial charge in [0.25, 0.3) is 11.7 Å². The molecule has 0 radical (unpaired) electrons. The number of unbranched alkanes of at least 4 members (excludes halogenated alkanes) is 1. The lowest BCUT2D eigenvalue weighted by Gasteiger charge is -2.25. The number of likely N-dealkylation sites (tertiary alicyclic amines) is 1. The topological polar surface area (TPSA) is 76.1 Å². The van der Waals surface area contributed by atoms with E-state index in [1.165, 1.54) is 0 Å². The summed E-state index contributed by atoms with van der Waals surface area (Å²) in [5, 5.41) is 11.2. The number of aliphatic hydroxyl groups excluding tert-OH is 1. The highest BCUT2D eigenvalue weighted by molar-refractivity contribution is 6.46. The van der Waals surface area contributed by atoms with Crippen LogP contribution in [0.4, 0.5) is 0 Å². The first-order chi connectivity index (χ1) is 15.9. The number of Topliss-reactive ketones (excluding diaryl/α,β-unsaturated/α-hetero) is 1. The van der Waals surface area contributed by atoms with Crippen molar-refractivity contribution in [1.29, 1.82) is 0 Å². The maximum Gasteiger partial charge on any atom is 0.295 e. The van der Waals surface area contributed by atoms with Crippen LogP contribution in [0.5, 0.6) is 11.5 Å². The molecule has 176 valence electrons. The van der Waals surface area contributed by atoms with Crippen LogP contribution in [0.3, 0.4) is 0 Å². The van der Waals surface area contributed by atoms with Crippen molar-refractivity contribution in [2.75, 3.05) is 19.8 Å². The summed E-state index contributed by atoms with van der Waals surface area (Å²) in [6, 6.07) is 12.0. The molecule has 1 heterocycles. The molecule has 1 aliphatic heterocycles. The van der Waals surface area contributed by atoms with E-state index in [1.54, 1.807) is 23.1 Å². The van der Waals surface area contributed by atoms with Crippen molar-refractivity contribution in [3.8, 4) is 11.5 Å². The maximum atomic E-state index is 13.1. The van der Waals surface area contributed by atoms with Crippen molar-refractivity contribution in [3.05, 3.63) is 64.7 Å². The van der Waals surface area contributed by atoms with Crippen LogP contribution in [0.2, 0.25) is 0 Å². The number of amides is 1. The molecule has 2 aromatic carbocycles. The molecule has 0 bridgehead atoms. The number of ketones is 1. The zero-order chi connectivity index (χ0) is 24.0. The van der Waals surface area contributed by atoms with Gasteiger partial charge in [-0.25, -0.2) is 0 Å². The van der Waals surface area contributed by atoms with E-state index in [-0.39, 0.29) is 11.3 Å². The summed E-state index contributed by atoms with van der Waals surface area (Å²) in [5.74, 6) is -0.0388. The Labute approximate surface area is 195 Å². The standard InChI is InChI=1S/C27H33NO5/c1-5-8-14-28-24(19-10-9-11-21(17-19)33-15-6-2)23(26(30)27(28)31)25(29)20-12-13-22(32-7-3)18(4)16-20/h9-13,16-17,24,29H,5-8,14-15H2,1-4H3/b25-23+. The van der Waals surface area contributed by atoms with E-state index in [2.05, 4.69) is 0 Å². The molecule has 1 saturated heterocycles. The molecule has 1 fully saturated rings. The van der Waals surface area contributed by atoms with E-state index in [0.717, 1.165) is 36.1 Å². The van der Waals surface area contributed by atoms with E-state index >= 15 is 0 Å². The first-order valence-electron chi connectivity index (χ1n) is 11.7. The third-order valence-electron chi connectivity index (χ3n) is 5.69. The van der Waals surface area contributed by atoms with Gasteiger partial charge in [0.05, 0.1) is 24.8 Å². The van der Waals surface area contributed by atoms with E-state index in [1.807, 2.05) is 52.0 Å². The molecule has 2 aromatic rings. The summed E-state index contributed by atoms with van der Waals surface area (Å²) in [4.78, 5) is 27.7. The van der Waals surface area contributed by atoms with Crippen molar-refractivity contribution in [1.82, 2.24) is 4.90 Å². The number of carbonyl (C=O) groups excluding carboxylic acids is 2. The Balaban J connectivity index is 2.11. The molecule has 33 heavy (non-hydrogen) atoms. The third-order valence-corrected chi connectivity index (χ3v) is 5.69. The first kappa shape index (κ1) is 24.4. The monoisotopic (exact) mass is 451 g/mol. The highest BCUT2D eigenvalue weighted by atomic mass is 16.5. The second kappa shape index (κ2) is 11.0. The largest absolute Gasteiger partial charge is 0.507 e. The maximum absolute atomic E-state index is 13.1. The Morgan fingerprint density at radius 1 is 1.03 bits per heavy atom. The Kier molecular flexibility index (Phi) is 8.15. The Hall–Kier alpha value is -3.28. The lowest BCUT2D eigenvalue weighted by Crippen LogP contribution is -2.30. The zero-order valence-electron chi connectivity index (χ0n) is 19.9. The van der Waals surface area contributed by atoms with Crippen LogP contribution in [0.1, 0.15) is 62.8 Å². The molecule has 1 unspecified atom stereocenters. The van der Waals surface area contributed by atoms with Crippen LogP contribution in [-0.4, -0.2) is 41.5 Å². The van der Waals surface area contributed by atoms with Gasteiger partial charge in [-0.05, 0) is 68.1 Å². The number of rotatable bonds is 10. The summed E-state index contributed by atoms with van der Waals surface area (Å²) in [6.07, 6.45) is 2.52. The fraction of sp³-hybridized carbons (Fsp3) is 0.407. The molecular formula is C27H33NO5. The van der Waals surface area contributed by atoms with Crippen LogP contribution in [-0.2, 0) is 9.59 Å². The summed E-state index contributed by atoms with van der Waals surface area (Å²) in [5.41, 5.74) is 2.16. The smallest absolute Gasteiger partial charge is 0.295 e. The number of ether oxygens (including phenoxy) is 2. The summed E-state index contributed by atoms with van der Waals surface area (Å²) < 4.78 is 11.4. The van der Waals surface area contributed by atoms with Crippen LogP contribution in [0.15, 0.2) is 48.0 Å². The lowest BCUT2D eigenvalue weighted by atomic mass is 9.94. The van der Waals surface area contributed by atoms with E-state index < -0.39 is 17.7 Å². The van der Waals surface area contributed by atoms with Crippen LogP contribution in [0, 0.1) is 6.92 Å². The van der Waals surface area contributed by atoms with Crippen molar-refractivity contribution in [2.24, 2.45) is 0 Å². The van der Waals surface area contributed by atoms with Crippen LogP contribution >= 0.6 is 0 Å². The quantitative estimate of drug-likeness (QED) is 0.297. The highest BCUT2D eigenvalue weighted by Crippen LogP contribution is 2.40. The highest BCUT2D eigenvalue weighted by Gasteiger charge is 2.45. The van der Waals surface area contributed by atoms with Gasteiger partial charge in [0.15, 0.2) is 0 Å². The van der Waals surface area contributed by atoms with E-state index in [9.17, 15) is 14.7 Å². The second-order valence-corrected chi connectivity index (χ2v) is 8.18. The number of carbonyl (C=O) groups is 2. The lowest BCUT2D eigenvalue weighted by molar-refractivity contribution is -0.139. The molecule has 1 N–H and O–H groups in total. The Morgan fingerprint density at radius 3 is 2.48 bits per heavy atom. The fourth-order valence-corrected chi connectivity index (χ4v) is 4.05. The van der Waals surface area contributed by atoms with Gasteiger partial charge in [-0.1, -0.05) is 32.4 Å². The minimum absolute atomic E-state index is 0.104. The molecular weight excluding hydrogens is 418 g/mol. The fourth-order valence-electron chi connectivity index (χ4n) is 4.05. The molecule has 1 atom stereocenters. The summed E-state index contributed by atoms with van der Waals surface area (Å²) in [7, 11) is 0. The van der Waals surface area contributed by atoms with Crippen molar-refractivity contribution in [3.63, 3.8) is 0 Å². The van der Waals surface area contributed by atoms with Gasteiger partial charge in [-0.2, -0.15) is 0 Å². The molecule has 1 amide bonds. The van der Waals surface area contributed by atoms with Gasteiger partial charge in [0.2, 0.25) is 0 Å². The first-order valence-corrected chi connectivity index (χ1v) is 11.7. The second-order valence-electron chi connectivity index (χ2n) is 8.18. The third kappa shape index (κ3) is 5.21. The zero-order valence-corrected chi connectivity index (χ0v) is 19.9. The van der Waals surface area contributed by atoms with Gasteiger partial charge in [0.1, 0.15) is 17.3 Å². The summed E-state index contributed by atoms with van der Waals surface area (Å²) in [6.45, 7) is 9.40.